The van der Waals surface area contributed by atoms with Crippen LogP contribution in [-0.4, -0.2) is 47.9 Å². The molecule has 0 spiro atoms. The summed E-state index contributed by atoms with van der Waals surface area (Å²) in [4.78, 5) is 19.6. The van der Waals surface area contributed by atoms with Gasteiger partial charge in [0, 0.05) is 12.0 Å². The number of likely N-dealkylation sites (tertiary alicyclic amines) is 1. The van der Waals surface area contributed by atoms with Crippen LogP contribution in [0.1, 0.15) is 33.5 Å². The number of hydrogen-bond acceptors (Lipinski definition) is 4. The highest BCUT2D eigenvalue weighted by Crippen LogP contribution is 2.28. The first-order valence-electron chi connectivity index (χ1n) is 9.14. The molecule has 1 aliphatic rings. The van der Waals surface area contributed by atoms with Gasteiger partial charge in [-0.2, -0.15) is 0 Å². The maximum atomic E-state index is 13.1. The molecular weight excluding hydrogens is 340 g/mol. The van der Waals surface area contributed by atoms with E-state index in [9.17, 15) is 9.90 Å². The molecule has 27 heavy (non-hydrogen) atoms. The van der Waals surface area contributed by atoms with Crippen LogP contribution in [0.15, 0.2) is 41.6 Å². The second-order valence-corrected chi connectivity index (χ2v) is 7.09. The molecule has 3 rings (SSSR count). The molecule has 5 nitrogen and oxygen atoms in total. The van der Waals surface area contributed by atoms with Gasteiger partial charge in [-0.1, -0.05) is 35.5 Å². The SMILES string of the molecule is CO/N=C1\CC(CO)N(C(=O)c2ccc(-c3cccc(C)c3C)cc2C)C1. The minimum absolute atomic E-state index is 0.0830. The molecule has 0 aliphatic carbocycles. The van der Waals surface area contributed by atoms with Crippen LogP contribution in [0.5, 0.6) is 0 Å². The fourth-order valence-corrected chi connectivity index (χ4v) is 3.66. The lowest BCUT2D eigenvalue weighted by molar-refractivity contribution is 0.0679. The van der Waals surface area contributed by atoms with Crippen molar-refractivity contribution in [1.29, 1.82) is 0 Å². The van der Waals surface area contributed by atoms with Gasteiger partial charge in [0.2, 0.25) is 0 Å². The van der Waals surface area contributed by atoms with Gasteiger partial charge in [-0.15, -0.1) is 0 Å². The molecule has 1 unspecified atom stereocenters. The van der Waals surface area contributed by atoms with Gasteiger partial charge in [-0.3, -0.25) is 4.79 Å². The van der Waals surface area contributed by atoms with Crippen molar-refractivity contribution in [2.45, 2.75) is 33.2 Å². The lowest BCUT2D eigenvalue weighted by Crippen LogP contribution is -2.38. The lowest BCUT2D eigenvalue weighted by Gasteiger charge is -2.23. The quantitative estimate of drug-likeness (QED) is 0.843. The molecule has 142 valence electrons. The Hall–Kier alpha value is -2.66. The number of rotatable bonds is 4. The summed E-state index contributed by atoms with van der Waals surface area (Å²) < 4.78 is 0. The molecule has 1 fully saturated rings. The van der Waals surface area contributed by atoms with E-state index in [1.807, 2.05) is 19.1 Å². The average Bonchev–Trinajstić information content (AvgIpc) is 3.07. The van der Waals surface area contributed by atoms with Crippen molar-refractivity contribution in [1.82, 2.24) is 4.90 Å². The highest BCUT2D eigenvalue weighted by molar-refractivity contribution is 6.01. The first-order chi connectivity index (χ1) is 13.0. The van der Waals surface area contributed by atoms with Gasteiger partial charge in [0.25, 0.3) is 5.91 Å². The molecule has 1 saturated heterocycles. The van der Waals surface area contributed by atoms with Crippen LogP contribution in [0.4, 0.5) is 0 Å². The molecule has 0 bridgehead atoms. The minimum Gasteiger partial charge on any atom is -0.399 e. The predicted molar refractivity (Wildman–Crippen MR) is 107 cm³/mol. The molecule has 0 aromatic heterocycles. The largest absolute Gasteiger partial charge is 0.399 e. The monoisotopic (exact) mass is 366 g/mol. The molecule has 2 aromatic carbocycles. The van der Waals surface area contributed by atoms with Crippen LogP contribution in [-0.2, 0) is 4.84 Å². The number of hydrogen-bond donors (Lipinski definition) is 1. The number of aliphatic hydroxyl groups excluding tert-OH is 1. The van der Waals surface area contributed by atoms with Gasteiger partial charge in [0.1, 0.15) is 7.11 Å². The van der Waals surface area contributed by atoms with Crippen molar-refractivity contribution in [3.8, 4) is 11.1 Å². The number of benzene rings is 2. The first kappa shape index (κ1) is 19.1. The second-order valence-electron chi connectivity index (χ2n) is 7.09. The second kappa shape index (κ2) is 7.92. The third-order valence-corrected chi connectivity index (χ3v) is 5.33. The van der Waals surface area contributed by atoms with Crippen LogP contribution in [0.2, 0.25) is 0 Å². The summed E-state index contributed by atoms with van der Waals surface area (Å²) in [7, 11) is 1.49. The predicted octanol–water partition coefficient (Wildman–Crippen LogP) is 3.49. The number of aliphatic hydroxyl groups is 1. The molecule has 0 saturated carbocycles. The number of aryl methyl sites for hydroxylation is 2. The standard InChI is InChI=1S/C22H26N2O3/c1-14-6-5-7-21(16(14)3)17-8-9-20(15(2)10-17)22(26)24-12-18(23-27-4)11-19(24)13-25/h5-10,19,25H,11-13H2,1-4H3/b23-18+. The Bertz CT molecular complexity index is 889. The van der Waals surface area contributed by atoms with E-state index in [1.54, 1.807) is 4.90 Å². The number of carbonyl (C=O) groups excluding carboxylic acids is 1. The van der Waals surface area contributed by atoms with E-state index >= 15 is 0 Å². The maximum Gasteiger partial charge on any atom is 0.254 e. The molecule has 1 N–H and O–H groups in total. The Morgan fingerprint density at radius 2 is 2.00 bits per heavy atom. The highest BCUT2D eigenvalue weighted by Gasteiger charge is 2.33. The highest BCUT2D eigenvalue weighted by atomic mass is 16.6. The summed E-state index contributed by atoms with van der Waals surface area (Å²) in [5.74, 6) is -0.0830. The normalized spacial score (nSPS) is 18.2. The molecule has 1 amide bonds. The Kier molecular flexibility index (Phi) is 5.61. The van der Waals surface area contributed by atoms with Crippen molar-refractivity contribution in [3.05, 3.63) is 58.7 Å². The van der Waals surface area contributed by atoms with Crippen LogP contribution in [0, 0.1) is 20.8 Å². The molecule has 0 radical (unpaired) electrons. The molecule has 2 aromatic rings. The number of nitrogens with zero attached hydrogens (tertiary/aromatic N) is 2. The smallest absolute Gasteiger partial charge is 0.254 e. The maximum absolute atomic E-state index is 13.1. The molecule has 1 atom stereocenters. The Morgan fingerprint density at radius 1 is 1.22 bits per heavy atom. The van der Waals surface area contributed by atoms with Crippen LogP contribution in [0.3, 0.4) is 0 Å². The van der Waals surface area contributed by atoms with E-state index in [-0.39, 0.29) is 18.6 Å². The van der Waals surface area contributed by atoms with E-state index in [0.29, 0.717) is 18.5 Å². The number of amides is 1. The zero-order valence-electron chi connectivity index (χ0n) is 16.3. The summed E-state index contributed by atoms with van der Waals surface area (Å²) in [5, 5.41) is 13.6. The first-order valence-corrected chi connectivity index (χ1v) is 9.14. The fourth-order valence-electron chi connectivity index (χ4n) is 3.66. The summed E-state index contributed by atoms with van der Waals surface area (Å²) in [6.07, 6.45) is 0.537. The number of carbonyl (C=O) groups is 1. The van der Waals surface area contributed by atoms with Crippen molar-refractivity contribution in [3.63, 3.8) is 0 Å². The van der Waals surface area contributed by atoms with E-state index < -0.39 is 0 Å². The topological polar surface area (TPSA) is 62.1 Å². The summed E-state index contributed by atoms with van der Waals surface area (Å²) in [5.41, 5.74) is 7.13. The van der Waals surface area contributed by atoms with Gasteiger partial charge in [0.15, 0.2) is 0 Å². The Morgan fingerprint density at radius 3 is 2.67 bits per heavy atom. The van der Waals surface area contributed by atoms with Crippen LogP contribution < -0.4 is 0 Å². The van der Waals surface area contributed by atoms with Crippen LogP contribution >= 0.6 is 0 Å². The summed E-state index contributed by atoms with van der Waals surface area (Å²) >= 11 is 0. The van der Waals surface area contributed by atoms with Crippen molar-refractivity contribution in [2.24, 2.45) is 5.16 Å². The van der Waals surface area contributed by atoms with Crippen molar-refractivity contribution < 1.29 is 14.7 Å². The Labute approximate surface area is 160 Å². The summed E-state index contributed by atoms with van der Waals surface area (Å²) in [6.45, 7) is 6.47. The van der Waals surface area contributed by atoms with E-state index in [2.05, 4.69) is 43.3 Å². The van der Waals surface area contributed by atoms with E-state index in [0.717, 1.165) is 16.8 Å². The molecule has 5 heteroatoms. The molecule has 1 aliphatic heterocycles. The molecular formula is C22H26N2O3. The zero-order chi connectivity index (χ0) is 19.6. The van der Waals surface area contributed by atoms with Crippen LogP contribution in [0.25, 0.3) is 11.1 Å². The zero-order valence-corrected chi connectivity index (χ0v) is 16.3. The van der Waals surface area contributed by atoms with Gasteiger partial charge < -0.3 is 14.8 Å². The third kappa shape index (κ3) is 3.74. The average molecular weight is 366 g/mol. The van der Waals surface area contributed by atoms with Gasteiger partial charge >= 0.3 is 0 Å². The fraction of sp³-hybridized carbons (Fsp3) is 0.364. The van der Waals surface area contributed by atoms with Crippen molar-refractivity contribution in [2.75, 3.05) is 20.3 Å². The lowest BCUT2D eigenvalue weighted by atomic mass is 9.94. The minimum atomic E-state index is -0.260. The van der Waals surface area contributed by atoms with Gasteiger partial charge in [-0.25, -0.2) is 0 Å². The number of oxime groups is 1. The van der Waals surface area contributed by atoms with Gasteiger partial charge in [0.05, 0.1) is 24.9 Å². The van der Waals surface area contributed by atoms with E-state index in [1.165, 1.54) is 23.8 Å². The Balaban J connectivity index is 1.91. The van der Waals surface area contributed by atoms with Gasteiger partial charge in [-0.05, 0) is 54.7 Å². The van der Waals surface area contributed by atoms with E-state index in [4.69, 9.17) is 4.84 Å². The van der Waals surface area contributed by atoms with Crippen molar-refractivity contribution >= 4 is 11.6 Å². The summed E-state index contributed by atoms with van der Waals surface area (Å²) in [6, 6.07) is 11.9. The third-order valence-electron chi connectivity index (χ3n) is 5.33. The molecule has 1 heterocycles.